The first-order chi connectivity index (χ1) is 12.6. The Morgan fingerprint density at radius 3 is 2.81 bits per heavy atom. The summed E-state index contributed by atoms with van der Waals surface area (Å²) in [6.07, 6.45) is 2.27. The molecule has 1 aromatic heterocycles. The van der Waals surface area contributed by atoms with Gasteiger partial charge < -0.3 is 10.1 Å². The zero-order chi connectivity index (χ0) is 18.4. The van der Waals surface area contributed by atoms with E-state index in [4.69, 9.17) is 4.74 Å². The number of nitrogens with one attached hydrogen (secondary N) is 1. The second-order valence-electron chi connectivity index (χ2n) is 7.19. The van der Waals surface area contributed by atoms with Crippen LogP contribution in [0.5, 0.6) is 0 Å². The Hall–Kier alpha value is -1.50. The second-order valence-corrected chi connectivity index (χ2v) is 8.31. The molecule has 6 heteroatoms. The third kappa shape index (κ3) is 5.25. The van der Waals surface area contributed by atoms with Gasteiger partial charge in [-0.05, 0) is 30.9 Å². The van der Waals surface area contributed by atoms with Crippen LogP contribution in [-0.4, -0.2) is 54.7 Å². The van der Waals surface area contributed by atoms with Crippen molar-refractivity contribution >= 4 is 27.5 Å². The number of hydrogen-bond donors (Lipinski definition) is 1. The molecule has 0 bridgehead atoms. The minimum Gasteiger partial charge on any atom is -0.379 e. The van der Waals surface area contributed by atoms with Crippen molar-refractivity contribution in [3.05, 3.63) is 29.3 Å². The molecule has 1 fully saturated rings. The lowest BCUT2D eigenvalue weighted by molar-refractivity contribution is -0.121. The monoisotopic (exact) mass is 375 g/mol. The lowest BCUT2D eigenvalue weighted by Crippen LogP contribution is -2.51. The Bertz CT molecular complexity index is 677. The highest BCUT2D eigenvalue weighted by atomic mass is 32.1. The predicted octanol–water partition coefficient (Wildman–Crippen LogP) is 3.09. The number of rotatable bonds is 8. The quantitative estimate of drug-likeness (QED) is 0.770. The molecule has 0 saturated carbocycles. The summed E-state index contributed by atoms with van der Waals surface area (Å²) in [5.41, 5.74) is 1.06. The van der Waals surface area contributed by atoms with Gasteiger partial charge >= 0.3 is 0 Å². The van der Waals surface area contributed by atoms with Crippen LogP contribution in [0.3, 0.4) is 0 Å². The number of morpholine rings is 1. The summed E-state index contributed by atoms with van der Waals surface area (Å²) >= 11 is 1.73. The summed E-state index contributed by atoms with van der Waals surface area (Å²) in [5, 5.41) is 4.25. The van der Waals surface area contributed by atoms with E-state index in [9.17, 15) is 4.79 Å². The van der Waals surface area contributed by atoms with Crippen LogP contribution in [0.1, 0.15) is 31.7 Å². The van der Waals surface area contributed by atoms with Crippen molar-refractivity contribution in [1.29, 1.82) is 0 Å². The van der Waals surface area contributed by atoms with Crippen LogP contribution in [0.15, 0.2) is 24.3 Å². The highest BCUT2D eigenvalue weighted by Crippen LogP contribution is 2.22. The standard InChI is InChI=1S/C20H29N3O2S/c1-15(2)17(23-10-12-25-13-11-23)14-21-19(24)8-5-9-20-22-16-6-3-4-7-18(16)26-20/h3-4,6-7,15,17H,5,8-14H2,1-2H3,(H,21,24). The van der Waals surface area contributed by atoms with E-state index in [0.717, 1.165) is 56.2 Å². The van der Waals surface area contributed by atoms with Crippen molar-refractivity contribution in [2.75, 3.05) is 32.8 Å². The topological polar surface area (TPSA) is 54.5 Å². The number of nitrogens with zero attached hydrogens (tertiary/aromatic N) is 2. The molecule has 5 nitrogen and oxygen atoms in total. The Morgan fingerprint density at radius 2 is 2.08 bits per heavy atom. The maximum absolute atomic E-state index is 12.2. The Labute approximate surface area is 159 Å². The molecular formula is C20H29N3O2S. The minimum absolute atomic E-state index is 0.144. The van der Waals surface area contributed by atoms with Gasteiger partial charge in [0, 0.05) is 32.1 Å². The third-order valence-corrected chi connectivity index (χ3v) is 6.02. The summed E-state index contributed by atoms with van der Waals surface area (Å²) in [7, 11) is 0. The third-order valence-electron chi connectivity index (χ3n) is 4.93. The van der Waals surface area contributed by atoms with E-state index >= 15 is 0 Å². The molecule has 1 atom stereocenters. The smallest absolute Gasteiger partial charge is 0.220 e. The van der Waals surface area contributed by atoms with Gasteiger partial charge in [0.15, 0.2) is 0 Å². The molecule has 1 saturated heterocycles. The number of thiazole rings is 1. The van der Waals surface area contributed by atoms with Gasteiger partial charge in [-0.3, -0.25) is 9.69 Å². The molecule has 26 heavy (non-hydrogen) atoms. The van der Waals surface area contributed by atoms with Crippen molar-refractivity contribution in [1.82, 2.24) is 15.2 Å². The van der Waals surface area contributed by atoms with Crippen molar-refractivity contribution in [2.45, 2.75) is 39.2 Å². The molecule has 142 valence electrons. The average Bonchev–Trinajstić information content (AvgIpc) is 3.05. The van der Waals surface area contributed by atoms with Gasteiger partial charge in [-0.25, -0.2) is 4.98 Å². The van der Waals surface area contributed by atoms with Gasteiger partial charge in [0.25, 0.3) is 0 Å². The summed E-state index contributed by atoms with van der Waals surface area (Å²) in [6.45, 7) is 8.65. The summed E-state index contributed by atoms with van der Waals surface area (Å²) in [5.74, 6) is 0.654. The van der Waals surface area contributed by atoms with Crippen molar-refractivity contribution in [2.24, 2.45) is 5.92 Å². The first-order valence-electron chi connectivity index (χ1n) is 9.56. The lowest BCUT2D eigenvalue weighted by atomic mass is 10.0. The van der Waals surface area contributed by atoms with E-state index in [2.05, 4.69) is 35.1 Å². The first-order valence-corrected chi connectivity index (χ1v) is 10.4. The van der Waals surface area contributed by atoms with Crippen LogP contribution in [0, 0.1) is 5.92 Å². The average molecular weight is 376 g/mol. The van der Waals surface area contributed by atoms with Crippen LogP contribution >= 0.6 is 11.3 Å². The zero-order valence-electron chi connectivity index (χ0n) is 15.7. The number of carbonyl (C=O) groups excluding carboxylic acids is 1. The first kappa shape index (κ1) is 19.3. The highest BCUT2D eigenvalue weighted by molar-refractivity contribution is 7.18. The number of ether oxygens (including phenoxy) is 1. The molecule has 1 unspecified atom stereocenters. The van der Waals surface area contributed by atoms with E-state index < -0.39 is 0 Å². The lowest BCUT2D eigenvalue weighted by Gasteiger charge is -2.36. The van der Waals surface area contributed by atoms with Gasteiger partial charge in [-0.15, -0.1) is 11.3 Å². The number of carbonyl (C=O) groups is 1. The molecule has 1 aliphatic heterocycles. The zero-order valence-corrected chi connectivity index (χ0v) is 16.6. The number of amides is 1. The maximum Gasteiger partial charge on any atom is 0.220 e. The molecule has 0 spiro atoms. The molecule has 1 amide bonds. The molecule has 2 heterocycles. The maximum atomic E-state index is 12.2. The molecule has 1 aromatic carbocycles. The van der Waals surface area contributed by atoms with Crippen molar-refractivity contribution in [3.63, 3.8) is 0 Å². The van der Waals surface area contributed by atoms with E-state index in [0.29, 0.717) is 18.4 Å². The number of para-hydroxylation sites is 1. The minimum atomic E-state index is 0.144. The fourth-order valence-corrected chi connectivity index (χ4v) is 4.44. The molecule has 1 N–H and O–H groups in total. The van der Waals surface area contributed by atoms with Crippen LogP contribution in [-0.2, 0) is 16.0 Å². The van der Waals surface area contributed by atoms with E-state index in [1.54, 1.807) is 11.3 Å². The van der Waals surface area contributed by atoms with E-state index in [-0.39, 0.29) is 5.91 Å². The highest BCUT2D eigenvalue weighted by Gasteiger charge is 2.24. The van der Waals surface area contributed by atoms with E-state index in [1.807, 2.05) is 18.2 Å². The summed E-state index contributed by atoms with van der Waals surface area (Å²) in [4.78, 5) is 19.3. The largest absolute Gasteiger partial charge is 0.379 e. The SMILES string of the molecule is CC(C)C(CNC(=O)CCCc1nc2ccccc2s1)N1CCOCC1. The normalized spacial score (nSPS) is 16.9. The van der Waals surface area contributed by atoms with Gasteiger partial charge in [0.1, 0.15) is 0 Å². The molecule has 0 radical (unpaired) electrons. The number of fused-ring (bicyclic) bond motifs is 1. The Balaban J connectivity index is 1.41. The van der Waals surface area contributed by atoms with Gasteiger partial charge in [0.2, 0.25) is 5.91 Å². The van der Waals surface area contributed by atoms with Crippen LogP contribution in [0.25, 0.3) is 10.2 Å². The van der Waals surface area contributed by atoms with Gasteiger partial charge in [0.05, 0.1) is 28.4 Å². The fourth-order valence-electron chi connectivity index (χ4n) is 3.43. The number of aromatic nitrogens is 1. The van der Waals surface area contributed by atoms with Crippen LogP contribution in [0.2, 0.25) is 0 Å². The van der Waals surface area contributed by atoms with E-state index in [1.165, 1.54) is 4.70 Å². The van der Waals surface area contributed by atoms with Crippen molar-refractivity contribution < 1.29 is 9.53 Å². The summed E-state index contributed by atoms with van der Waals surface area (Å²) in [6, 6.07) is 8.57. The predicted molar refractivity (Wildman–Crippen MR) is 107 cm³/mol. The molecule has 0 aliphatic carbocycles. The number of benzene rings is 1. The van der Waals surface area contributed by atoms with Crippen LogP contribution < -0.4 is 5.32 Å². The Kier molecular flexibility index (Phi) is 7.00. The van der Waals surface area contributed by atoms with Crippen molar-refractivity contribution in [3.8, 4) is 0 Å². The Morgan fingerprint density at radius 1 is 1.31 bits per heavy atom. The van der Waals surface area contributed by atoms with Gasteiger partial charge in [-0.2, -0.15) is 0 Å². The summed E-state index contributed by atoms with van der Waals surface area (Å²) < 4.78 is 6.66. The molecule has 1 aliphatic rings. The molecule has 3 rings (SSSR count). The fraction of sp³-hybridized carbons (Fsp3) is 0.600. The second kappa shape index (κ2) is 9.44. The van der Waals surface area contributed by atoms with Crippen LogP contribution in [0.4, 0.5) is 0 Å². The van der Waals surface area contributed by atoms with Gasteiger partial charge in [-0.1, -0.05) is 26.0 Å². The number of hydrogen-bond acceptors (Lipinski definition) is 5. The molecule has 2 aromatic rings. The molecular weight excluding hydrogens is 346 g/mol. The number of aryl methyl sites for hydroxylation is 1.